The summed E-state index contributed by atoms with van der Waals surface area (Å²) in [6.45, 7) is 11.1. The highest BCUT2D eigenvalue weighted by molar-refractivity contribution is 6.32. The number of aromatic hydroxyl groups is 1. The van der Waals surface area contributed by atoms with E-state index < -0.39 is 94.7 Å². The Kier molecular flexibility index (Phi) is 13.3. The molecule has 5 bridgehead atoms. The molecule has 2 saturated heterocycles. The number of fused-ring (bicyclic) bond motifs is 14. The third-order valence-corrected chi connectivity index (χ3v) is 12.3. The van der Waals surface area contributed by atoms with Crippen LogP contribution < -0.4 is 15.8 Å². The van der Waals surface area contributed by atoms with Gasteiger partial charge in [0.25, 0.3) is 11.7 Å². The molecule has 2 fully saturated rings. The smallest absolute Gasteiger partial charge is 0.410 e. The van der Waals surface area contributed by atoms with Gasteiger partial charge in [0, 0.05) is 69.1 Å². The molecule has 1 aromatic rings. The summed E-state index contributed by atoms with van der Waals surface area (Å²) in [5.41, 5.74) is 5.16. The van der Waals surface area contributed by atoms with Crippen molar-refractivity contribution in [2.24, 2.45) is 23.5 Å². The van der Waals surface area contributed by atoms with Crippen LogP contribution in [0.5, 0.6) is 11.5 Å². The third kappa shape index (κ3) is 8.20. The molecular weight excluding hydrogens is 780 g/mol. The minimum Gasteiger partial charge on any atom is -0.507 e. The van der Waals surface area contributed by atoms with Gasteiger partial charge in [0.05, 0.1) is 60.5 Å². The van der Waals surface area contributed by atoms with Gasteiger partial charge in [-0.05, 0) is 32.8 Å². The summed E-state index contributed by atoms with van der Waals surface area (Å²) >= 11 is 0. The van der Waals surface area contributed by atoms with E-state index in [2.05, 4.69) is 5.32 Å². The number of aliphatic hydroxyl groups excluding tert-OH is 2. The number of hydrogen-bond acceptors (Lipinski definition) is 15. The van der Waals surface area contributed by atoms with Gasteiger partial charge in [-0.3, -0.25) is 19.2 Å². The van der Waals surface area contributed by atoms with Crippen molar-refractivity contribution in [1.29, 1.82) is 0 Å². The third-order valence-electron chi connectivity index (χ3n) is 12.3. The first kappa shape index (κ1) is 44.5. The second kappa shape index (κ2) is 17.9. The summed E-state index contributed by atoms with van der Waals surface area (Å²) in [6.07, 6.45) is 3.68. The molecule has 0 spiro atoms. The van der Waals surface area contributed by atoms with Crippen LogP contribution >= 0.6 is 0 Å². The quantitative estimate of drug-likeness (QED) is 0.294. The van der Waals surface area contributed by atoms with Gasteiger partial charge in [-0.15, -0.1) is 0 Å². The van der Waals surface area contributed by atoms with Gasteiger partial charge in [0.15, 0.2) is 0 Å². The van der Waals surface area contributed by atoms with Crippen molar-refractivity contribution in [3.63, 3.8) is 0 Å². The van der Waals surface area contributed by atoms with Crippen molar-refractivity contribution < 1.29 is 63.0 Å². The SMILES string of the molecule is CO[C@H]1/C=C/O[C@@]2(C)Oc3c(C)c(O)c4c(c3C2=O)C(=O)C(N2CCOCC2)=C(NC(=O)/C(C)=C\C=C\[C@H](C)[C@H](O)[C@@H](C)[C@@H](O)[C@@H](N)[C@H](OC(=O)N2CCCC2)[C@@H]1C)C4=O. The number of nitrogens with one attached hydrogen (secondary N) is 1. The van der Waals surface area contributed by atoms with Crippen LogP contribution in [0.3, 0.4) is 0 Å². The average molecular weight is 837 g/mol. The fourth-order valence-corrected chi connectivity index (χ4v) is 8.38. The van der Waals surface area contributed by atoms with Crippen LogP contribution in [-0.2, 0) is 23.7 Å². The number of carbonyl (C=O) groups is 5. The molecule has 7 rings (SSSR count). The first-order valence-electron chi connectivity index (χ1n) is 20.3. The van der Waals surface area contributed by atoms with Gasteiger partial charge in [0.1, 0.15) is 29.0 Å². The Morgan fingerprint density at radius 2 is 1.60 bits per heavy atom. The van der Waals surface area contributed by atoms with Crippen LogP contribution in [-0.4, -0.2) is 137 Å². The van der Waals surface area contributed by atoms with Crippen LogP contribution in [0.2, 0.25) is 0 Å². The zero-order chi connectivity index (χ0) is 43.8. The fraction of sp³-hybridized carbons (Fsp3) is 0.558. The van der Waals surface area contributed by atoms with Gasteiger partial charge in [-0.1, -0.05) is 39.0 Å². The molecule has 5 aliphatic heterocycles. The van der Waals surface area contributed by atoms with Crippen LogP contribution in [0.25, 0.3) is 0 Å². The first-order valence-corrected chi connectivity index (χ1v) is 20.3. The Morgan fingerprint density at radius 3 is 2.25 bits per heavy atom. The molecule has 0 radical (unpaired) electrons. The summed E-state index contributed by atoms with van der Waals surface area (Å²) in [5, 5.41) is 37.1. The fourth-order valence-electron chi connectivity index (χ4n) is 8.38. The number of Topliss-reactive ketones (excluding diaryl/α,β-unsaturated/α-hetero) is 3. The van der Waals surface area contributed by atoms with E-state index in [9.17, 15) is 39.3 Å². The number of nitrogens with zero attached hydrogens (tertiary/aromatic N) is 2. The van der Waals surface area contributed by atoms with Crippen molar-refractivity contribution in [1.82, 2.24) is 15.1 Å². The van der Waals surface area contributed by atoms with E-state index in [4.69, 9.17) is 29.4 Å². The predicted molar refractivity (Wildman–Crippen MR) is 215 cm³/mol. The van der Waals surface area contributed by atoms with Crippen LogP contribution in [0.1, 0.15) is 84.1 Å². The maximum absolute atomic E-state index is 14.7. The summed E-state index contributed by atoms with van der Waals surface area (Å²) < 4.78 is 29.4. The largest absolute Gasteiger partial charge is 0.507 e. The molecule has 17 heteroatoms. The number of nitrogens with two attached hydrogens (primary N) is 1. The first-order chi connectivity index (χ1) is 28.4. The van der Waals surface area contributed by atoms with E-state index in [1.807, 2.05) is 0 Å². The molecule has 5 heterocycles. The van der Waals surface area contributed by atoms with Crippen molar-refractivity contribution >= 4 is 29.4 Å². The number of amides is 2. The zero-order valence-electron chi connectivity index (χ0n) is 35.1. The summed E-state index contributed by atoms with van der Waals surface area (Å²) in [4.78, 5) is 73.9. The monoisotopic (exact) mass is 836 g/mol. The molecule has 0 aromatic heterocycles. The van der Waals surface area contributed by atoms with E-state index in [1.165, 1.54) is 40.0 Å². The molecule has 6 aliphatic rings. The molecular formula is C43H56N4O13. The van der Waals surface area contributed by atoms with Crippen LogP contribution in [0.15, 0.2) is 47.5 Å². The second-order valence-corrected chi connectivity index (χ2v) is 16.3. The van der Waals surface area contributed by atoms with Crippen molar-refractivity contribution in [2.75, 3.05) is 46.5 Å². The lowest BCUT2D eigenvalue weighted by atomic mass is 9.81. The number of phenolic OH excluding ortho intramolecular Hbond substituents is 1. The van der Waals surface area contributed by atoms with Crippen molar-refractivity contribution in [2.45, 2.75) is 90.6 Å². The Labute approximate surface area is 348 Å². The summed E-state index contributed by atoms with van der Waals surface area (Å²) in [6, 6.07) is -1.21. The normalized spacial score (nSPS) is 33.8. The van der Waals surface area contributed by atoms with E-state index in [1.54, 1.807) is 42.7 Å². The van der Waals surface area contributed by atoms with Crippen LogP contribution in [0.4, 0.5) is 4.79 Å². The molecule has 9 atom stereocenters. The van der Waals surface area contributed by atoms with E-state index in [0.717, 1.165) is 19.1 Å². The van der Waals surface area contributed by atoms with Crippen molar-refractivity contribution in [3.05, 3.63) is 69.8 Å². The number of carbonyl (C=O) groups excluding carboxylic acids is 5. The van der Waals surface area contributed by atoms with E-state index in [-0.39, 0.29) is 65.7 Å². The molecule has 6 N–H and O–H groups in total. The zero-order valence-corrected chi connectivity index (χ0v) is 35.1. The highest BCUT2D eigenvalue weighted by Gasteiger charge is 2.53. The minimum absolute atomic E-state index is 0.00841. The number of morpholine rings is 1. The summed E-state index contributed by atoms with van der Waals surface area (Å²) in [5.74, 6) is -8.24. The lowest BCUT2D eigenvalue weighted by Gasteiger charge is -2.38. The molecule has 0 saturated carbocycles. The van der Waals surface area contributed by atoms with Gasteiger partial charge in [-0.2, -0.15) is 0 Å². The van der Waals surface area contributed by atoms with E-state index >= 15 is 0 Å². The number of hydrogen-bond donors (Lipinski definition) is 5. The van der Waals surface area contributed by atoms with Crippen molar-refractivity contribution in [3.8, 4) is 11.5 Å². The molecule has 60 heavy (non-hydrogen) atoms. The number of rotatable bonds is 3. The lowest BCUT2D eigenvalue weighted by molar-refractivity contribution is -0.116. The molecule has 2 amide bonds. The predicted octanol–water partition coefficient (Wildman–Crippen LogP) is 2.65. The Morgan fingerprint density at radius 1 is 0.933 bits per heavy atom. The number of ether oxygens (including phenoxy) is 5. The lowest BCUT2D eigenvalue weighted by Crippen LogP contribution is -2.56. The summed E-state index contributed by atoms with van der Waals surface area (Å²) in [7, 11) is 1.41. The van der Waals surface area contributed by atoms with Gasteiger partial charge >= 0.3 is 11.9 Å². The number of methoxy groups -OCH3 is 1. The number of likely N-dealkylation sites (tertiary alicyclic amines) is 1. The Hall–Kier alpha value is -5.07. The maximum atomic E-state index is 14.7. The Bertz CT molecular complexity index is 2030. The maximum Gasteiger partial charge on any atom is 0.410 e. The van der Waals surface area contributed by atoms with E-state index in [0.29, 0.717) is 13.1 Å². The molecule has 17 nitrogen and oxygen atoms in total. The highest BCUT2D eigenvalue weighted by atomic mass is 16.7. The number of phenols is 1. The molecule has 1 aliphatic carbocycles. The topological polar surface area (TPSA) is 237 Å². The Balaban J connectivity index is 1.46. The molecule has 326 valence electrons. The minimum atomic E-state index is -2.10. The van der Waals surface area contributed by atoms with Gasteiger partial charge in [0.2, 0.25) is 11.6 Å². The number of ketones is 3. The molecule has 1 aromatic carbocycles. The highest BCUT2D eigenvalue weighted by Crippen LogP contribution is 2.49. The van der Waals surface area contributed by atoms with Crippen LogP contribution in [0, 0.1) is 24.7 Å². The number of benzene rings is 1. The number of allylic oxidation sites excluding steroid dienone is 4. The standard InChI is InChI=1S/C43H56N4O13/c1-21-11-10-12-22(2)41(54)45-31-32(46-16-19-57-20-17-46)37(52)27-28(36(31)51)34(49)25(5)38-29(27)40(53)43(6,60-38)58-18-13-26(56-7)23(3)39(30(44)35(50)24(4)33(21)48)59-42(55)47-14-8-9-15-47/h10-13,18,21,23-24,26,30,33,35,39,48-50H,8-9,14-17,19-20,44H2,1-7H3,(H,45,54)/b11-10+,18-13+,22-12-/t21-,23+,24+,26-,30+,33-,35+,39+,43-/m0/s1. The second-order valence-electron chi connectivity index (χ2n) is 16.3. The van der Waals surface area contributed by atoms with Gasteiger partial charge in [-0.25, -0.2) is 4.79 Å². The molecule has 0 unspecified atom stereocenters. The van der Waals surface area contributed by atoms with Gasteiger partial charge < -0.3 is 59.9 Å². The average Bonchev–Trinajstić information content (AvgIpc) is 3.87. The number of aliphatic hydroxyl groups is 2.